The molecule has 0 spiro atoms. The van der Waals surface area contributed by atoms with E-state index in [9.17, 15) is 5.48 Å². The molecule has 0 N–H and O–H groups in total. The van der Waals surface area contributed by atoms with E-state index in [-0.39, 0.29) is 49.0 Å². The van der Waals surface area contributed by atoms with Gasteiger partial charge in [-0.25, -0.2) is 0 Å². The van der Waals surface area contributed by atoms with Gasteiger partial charge >= 0.3 is 0 Å². The largest absolute Gasteiger partial charge is 0.456 e. The van der Waals surface area contributed by atoms with Gasteiger partial charge in [0.25, 0.3) is 0 Å². The molecule has 1 heteroatoms. The summed E-state index contributed by atoms with van der Waals surface area (Å²) in [5, 5.41) is 0.914. The summed E-state index contributed by atoms with van der Waals surface area (Å²) in [6.45, 7) is 0. The maximum absolute atomic E-state index is 9.26. The lowest BCUT2D eigenvalue weighted by atomic mass is 9.85. The van der Waals surface area contributed by atoms with Crippen LogP contribution in [0.1, 0.15) is 31.7 Å². The predicted octanol–water partition coefficient (Wildman–Crippen LogP) is 12.0. The van der Waals surface area contributed by atoms with E-state index in [1.165, 1.54) is 0 Å². The first-order valence-corrected chi connectivity index (χ1v) is 14.0. The van der Waals surface area contributed by atoms with Gasteiger partial charge < -0.3 is 4.42 Å². The van der Waals surface area contributed by atoms with Gasteiger partial charge in [-0.3, -0.25) is 0 Å². The zero-order valence-corrected chi connectivity index (χ0v) is 23.0. The standard InChI is InChI=1S/C43H28O/c1-2-13-33-29(10-1)11-9-12-32(33)27-39-34-14-3-5-17-37(34)43(38-18-6-4-15-35(38)39)30-22-20-28(21-23-30)31-24-25-42-40(26-31)36-16-7-8-19-41(36)44-42/h1-26H,27H2/i1D,2D,3D,4D,5D,6D,9D,10D,11D,12D,13D,14D,15D,17D,18D. The summed E-state index contributed by atoms with van der Waals surface area (Å²) < 4.78 is 138. The quantitative estimate of drug-likeness (QED) is 0.190. The smallest absolute Gasteiger partial charge is 0.135 e. The van der Waals surface area contributed by atoms with Gasteiger partial charge in [0.1, 0.15) is 11.2 Å². The molecule has 9 aromatic rings. The van der Waals surface area contributed by atoms with E-state index in [4.69, 9.17) is 19.5 Å². The Kier molecular flexibility index (Phi) is 3.22. The maximum atomic E-state index is 9.26. The molecule has 8 aromatic carbocycles. The second-order valence-corrected chi connectivity index (χ2v) is 10.5. The van der Waals surface area contributed by atoms with Gasteiger partial charge in [-0.15, -0.1) is 0 Å². The molecule has 1 heterocycles. The molecule has 0 unspecified atom stereocenters. The Labute approximate surface area is 276 Å². The highest BCUT2D eigenvalue weighted by molar-refractivity contribution is 6.15. The van der Waals surface area contributed by atoms with Crippen molar-refractivity contribution in [2.24, 2.45) is 0 Å². The SMILES string of the molecule is [2H]c1c([2H])c([2H])c2c(Cc3c4c([2H])c([2H])c([2H])c([2H])c4c(-c4ccc(-c5ccc6oc7ccccc7c6c5)cc4)c4c([2H])c([2H])c([2H])c([2H])c34)c([2H])c([2H])c([2H])c2c1[2H]. The van der Waals surface area contributed by atoms with E-state index in [1.54, 1.807) is 12.1 Å². The first kappa shape index (κ1) is 14.2. The minimum atomic E-state index is -0.657. The van der Waals surface area contributed by atoms with Crippen LogP contribution in [0, 0.1) is 0 Å². The molecular formula is C43H28O. The number of rotatable bonds is 4. The lowest BCUT2D eigenvalue weighted by Gasteiger charge is -2.18. The number of hydrogen-bond acceptors (Lipinski definition) is 1. The van der Waals surface area contributed by atoms with Crippen molar-refractivity contribution in [3.63, 3.8) is 0 Å². The molecule has 206 valence electrons. The Balaban J connectivity index is 1.38. The molecule has 1 aromatic heterocycles. The van der Waals surface area contributed by atoms with E-state index in [2.05, 4.69) is 0 Å². The number of para-hydroxylation sites is 1. The molecule has 0 saturated carbocycles. The highest BCUT2D eigenvalue weighted by Crippen LogP contribution is 2.41. The van der Waals surface area contributed by atoms with E-state index >= 15 is 0 Å². The normalized spacial score (nSPS) is 16.5. The van der Waals surface area contributed by atoms with Crippen molar-refractivity contribution in [2.75, 3.05) is 0 Å². The minimum absolute atomic E-state index is 0.0608. The monoisotopic (exact) mass is 575 g/mol. The molecular weight excluding hydrogens is 532 g/mol. The third-order valence-corrected chi connectivity index (χ3v) is 8.11. The van der Waals surface area contributed by atoms with Crippen molar-refractivity contribution in [2.45, 2.75) is 6.42 Å². The molecule has 0 aliphatic carbocycles. The van der Waals surface area contributed by atoms with E-state index < -0.39 is 97.1 Å². The van der Waals surface area contributed by atoms with Crippen LogP contribution in [0.4, 0.5) is 0 Å². The lowest BCUT2D eigenvalue weighted by molar-refractivity contribution is 0.669. The van der Waals surface area contributed by atoms with Gasteiger partial charge in [-0.1, -0.05) is 139 Å². The maximum Gasteiger partial charge on any atom is 0.135 e. The van der Waals surface area contributed by atoms with Gasteiger partial charge in [0.2, 0.25) is 0 Å². The van der Waals surface area contributed by atoms with Gasteiger partial charge in [-0.2, -0.15) is 0 Å². The second kappa shape index (κ2) is 9.97. The van der Waals surface area contributed by atoms with Crippen LogP contribution < -0.4 is 0 Å². The average molecular weight is 576 g/mol. The van der Waals surface area contributed by atoms with Crippen LogP contribution in [0.5, 0.6) is 0 Å². The van der Waals surface area contributed by atoms with Crippen LogP contribution >= 0.6 is 0 Å². The summed E-state index contributed by atoms with van der Waals surface area (Å²) in [7, 11) is 0. The molecule has 1 nitrogen and oxygen atoms in total. The zero-order chi connectivity index (χ0) is 42.1. The number of hydrogen-bond donors (Lipinski definition) is 0. The van der Waals surface area contributed by atoms with Crippen molar-refractivity contribution in [3.8, 4) is 22.3 Å². The average Bonchev–Trinajstić information content (AvgIpc) is 3.62. The molecule has 9 rings (SSSR count). The molecule has 0 atom stereocenters. The van der Waals surface area contributed by atoms with Crippen LogP contribution in [-0.2, 0) is 6.42 Å². The van der Waals surface area contributed by atoms with Gasteiger partial charge in [-0.05, 0) is 90.3 Å². The van der Waals surface area contributed by atoms with Crippen LogP contribution in [0.25, 0.3) is 76.5 Å². The van der Waals surface area contributed by atoms with Crippen LogP contribution in [0.3, 0.4) is 0 Å². The van der Waals surface area contributed by atoms with E-state index in [1.807, 2.05) is 54.6 Å². The lowest BCUT2D eigenvalue weighted by Crippen LogP contribution is -1.96. The molecule has 0 amide bonds. The highest BCUT2D eigenvalue weighted by atomic mass is 16.3. The van der Waals surface area contributed by atoms with Crippen LogP contribution in [0.2, 0.25) is 0 Å². The third kappa shape index (κ3) is 3.94. The summed E-state index contributed by atoms with van der Waals surface area (Å²) in [5.74, 6) is 0. The van der Waals surface area contributed by atoms with Crippen molar-refractivity contribution in [1.82, 2.24) is 0 Å². The number of fused-ring (bicyclic) bond motifs is 6. The Morgan fingerprint density at radius 1 is 0.455 bits per heavy atom. The molecule has 0 fully saturated rings. The molecule has 0 aliphatic rings. The number of benzene rings is 8. The first-order chi connectivity index (χ1) is 28.0. The van der Waals surface area contributed by atoms with Crippen molar-refractivity contribution in [3.05, 3.63) is 168 Å². The van der Waals surface area contributed by atoms with Gasteiger partial charge in [0, 0.05) is 10.8 Å². The van der Waals surface area contributed by atoms with Crippen molar-refractivity contribution < 1.29 is 25.0 Å². The van der Waals surface area contributed by atoms with Crippen LogP contribution in [0.15, 0.2) is 162 Å². The molecule has 0 aliphatic heterocycles. The fourth-order valence-corrected chi connectivity index (χ4v) is 6.08. The molecule has 0 bridgehead atoms. The minimum Gasteiger partial charge on any atom is -0.456 e. The van der Waals surface area contributed by atoms with Crippen molar-refractivity contribution in [1.29, 1.82) is 0 Å². The highest BCUT2D eigenvalue weighted by Gasteiger charge is 2.16. The zero-order valence-electron chi connectivity index (χ0n) is 38.0. The van der Waals surface area contributed by atoms with Gasteiger partial charge in [0.15, 0.2) is 0 Å². The summed E-state index contributed by atoms with van der Waals surface area (Å²) in [5.41, 5.74) is 3.37. The molecule has 0 saturated heterocycles. The summed E-state index contributed by atoms with van der Waals surface area (Å²) in [6, 6.07) is 11.7. The first-order valence-electron chi connectivity index (χ1n) is 21.5. The summed E-state index contributed by atoms with van der Waals surface area (Å²) >= 11 is 0. The fraction of sp³-hybridized carbons (Fsp3) is 0.0233. The Bertz CT molecular complexity index is 3260. The Morgan fingerprint density at radius 3 is 1.82 bits per heavy atom. The van der Waals surface area contributed by atoms with Crippen molar-refractivity contribution >= 4 is 54.3 Å². The third-order valence-electron chi connectivity index (χ3n) is 8.11. The summed E-state index contributed by atoms with van der Waals surface area (Å²) in [4.78, 5) is 0. The topological polar surface area (TPSA) is 13.1 Å². The summed E-state index contributed by atoms with van der Waals surface area (Å²) in [6.07, 6.45) is -0.550. The fourth-order valence-electron chi connectivity index (χ4n) is 6.08. The Morgan fingerprint density at radius 2 is 1.05 bits per heavy atom. The van der Waals surface area contributed by atoms with E-state index in [0.29, 0.717) is 11.1 Å². The number of furan rings is 1. The van der Waals surface area contributed by atoms with Gasteiger partial charge in [0.05, 0.1) is 20.6 Å². The molecule has 0 radical (unpaired) electrons. The van der Waals surface area contributed by atoms with Crippen LogP contribution in [-0.4, -0.2) is 0 Å². The second-order valence-electron chi connectivity index (χ2n) is 10.5. The molecule has 44 heavy (non-hydrogen) atoms. The predicted molar refractivity (Wildman–Crippen MR) is 186 cm³/mol. The van der Waals surface area contributed by atoms with E-state index in [0.717, 1.165) is 27.5 Å². The Hall–Kier alpha value is -5.66.